The number of hydrogen-bond donors (Lipinski definition) is 3. The summed E-state index contributed by atoms with van der Waals surface area (Å²) < 4.78 is 5.65. The van der Waals surface area contributed by atoms with E-state index < -0.39 is 17.9 Å². The maximum absolute atomic E-state index is 12.7. The molecule has 0 saturated carbocycles. The molecule has 130 valence electrons. The predicted molar refractivity (Wildman–Crippen MR) is 94.1 cm³/mol. The first kappa shape index (κ1) is 17.0. The number of nitrogens with two attached hydrogens (primary N) is 2. The van der Waals surface area contributed by atoms with Gasteiger partial charge in [-0.1, -0.05) is 42.5 Å². The van der Waals surface area contributed by atoms with Crippen LogP contribution in [0.2, 0.25) is 0 Å². The minimum Gasteiger partial charge on any atom is -0.492 e. The summed E-state index contributed by atoms with van der Waals surface area (Å²) in [4.78, 5) is 24.5. The van der Waals surface area contributed by atoms with Crippen molar-refractivity contribution in [1.29, 1.82) is 0 Å². The average Bonchev–Trinajstić information content (AvgIpc) is 2.62. The highest BCUT2D eigenvalue weighted by Crippen LogP contribution is 2.33. The Kier molecular flexibility index (Phi) is 5.00. The molecule has 0 spiro atoms. The molecule has 1 aliphatic heterocycles. The van der Waals surface area contributed by atoms with Crippen LogP contribution in [0.1, 0.15) is 33.9 Å². The van der Waals surface area contributed by atoms with Crippen molar-refractivity contribution in [1.82, 2.24) is 5.32 Å². The van der Waals surface area contributed by atoms with E-state index in [1.807, 2.05) is 36.4 Å². The van der Waals surface area contributed by atoms with Crippen molar-refractivity contribution in [3.8, 4) is 5.75 Å². The van der Waals surface area contributed by atoms with Crippen LogP contribution in [0.3, 0.4) is 0 Å². The van der Waals surface area contributed by atoms with Gasteiger partial charge in [0.15, 0.2) is 0 Å². The van der Waals surface area contributed by atoms with Crippen molar-refractivity contribution in [2.24, 2.45) is 11.5 Å². The molecule has 1 aliphatic rings. The van der Waals surface area contributed by atoms with Gasteiger partial charge in [0.2, 0.25) is 5.91 Å². The lowest BCUT2D eigenvalue weighted by molar-refractivity contribution is -0.119. The maximum atomic E-state index is 12.7. The van der Waals surface area contributed by atoms with Crippen molar-refractivity contribution in [3.63, 3.8) is 0 Å². The Morgan fingerprint density at radius 3 is 2.64 bits per heavy atom. The summed E-state index contributed by atoms with van der Waals surface area (Å²) in [5.41, 5.74) is 13.6. The molecule has 3 rings (SSSR count). The van der Waals surface area contributed by atoms with Crippen molar-refractivity contribution in [2.75, 3.05) is 6.61 Å². The third-order valence-electron chi connectivity index (χ3n) is 4.30. The Bertz CT molecular complexity index is 777. The minimum absolute atomic E-state index is 0.159. The number of rotatable bonds is 5. The zero-order valence-corrected chi connectivity index (χ0v) is 13.8. The Balaban J connectivity index is 1.81. The van der Waals surface area contributed by atoms with E-state index in [1.54, 1.807) is 12.1 Å². The smallest absolute Gasteiger partial charge is 0.255 e. The number of nitrogens with one attached hydrogen (secondary N) is 1. The Hall–Kier alpha value is -2.86. The van der Waals surface area contributed by atoms with Gasteiger partial charge in [0, 0.05) is 24.4 Å². The lowest BCUT2D eigenvalue weighted by Crippen LogP contribution is -2.46. The van der Waals surface area contributed by atoms with Gasteiger partial charge < -0.3 is 21.5 Å². The topological polar surface area (TPSA) is 107 Å². The summed E-state index contributed by atoms with van der Waals surface area (Å²) in [7, 11) is 0. The van der Waals surface area contributed by atoms with Crippen LogP contribution in [-0.2, 0) is 11.2 Å². The third-order valence-corrected chi connectivity index (χ3v) is 4.30. The van der Waals surface area contributed by atoms with Gasteiger partial charge in [-0.05, 0) is 11.6 Å². The third kappa shape index (κ3) is 3.80. The Morgan fingerprint density at radius 1 is 1.16 bits per heavy atom. The zero-order valence-electron chi connectivity index (χ0n) is 13.8. The summed E-state index contributed by atoms with van der Waals surface area (Å²) in [6, 6.07) is 13.7. The van der Waals surface area contributed by atoms with Crippen LogP contribution < -0.4 is 21.5 Å². The largest absolute Gasteiger partial charge is 0.492 e. The van der Waals surface area contributed by atoms with Crippen LogP contribution >= 0.6 is 0 Å². The van der Waals surface area contributed by atoms with Gasteiger partial charge in [-0.25, -0.2) is 0 Å². The number of para-hydroxylation sites is 1. The monoisotopic (exact) mass is 339 g/mol. The zero-order chi connectivity index (χ0) is 17.8. The van der Waals surface area contributed by atoms with Crippen molar-refractivity contribution in [2.45, 2.75) is 24.9 Å². The van der Waals surface area contributed by atoms with E-state index in [0.717, 1.165) is 11.1 Å². The molecule has 0 fully saturated rings. The van der Waals surface area contributed by atoms with E-state index in [0.29, 0.717) is 30.8 Å². The molecule has 6 nitrogen and oxygen atoms in total. The van der Waals surface area contributed by atoms with Gasteiger partial charge in [0.25, 0.3) is 5.91 Å². The highest BCUT2D eigenvalue weighted by atomic mass is 16.5. The number of fused-ring (bicyclic) bond motifs is 1. The molecule has 2 atom stereocenters. The second kappa shape index (κ2) is 7.36. The molecule has 0 aliphatic carbocycles. The van der Waals surface area contributed by atoms with Crippen molar-refractivity contribution >= 4 is 11.8 Å². The number of carbonyl (C=O) groups is 2. The van der Waals surface area contributed by atoms with E-state index in [-0.39, 0.29) is 6.04 Å². The number of amides is 2. The standard InChI is InChI=1S/C19H21N3O3/c20-15-9-10-25-17-13(15)7-4-8-14(17)19(24)22-16(18(21)23)11-12-5-2-1-3-6-12/h1-8,15-16H,9-11,20H2,(H2,21,23)(H,22,24). The van der Waals surface area contributed by atoms with Gasteiger partial charge in [-0.3, -0.25) is 9.59 Å². The van der Waals surface area contributed by atoms with Gasteiger partial charge in [-0.2, -0.15) is 0 Å². The van der Waals surface area contributed by atoms with E-state index in [4.69, 9.17) is 16.2 Å². The van der Waals surface area contributed by atoms with Crippen LogP contribution in [0.25, 0.3) is 0 Å². The average molecular weight is 339 g/mol. The van der Waals surface area contributed by atoms with Crippen LogP contribution in [-0.4, -0.2) is 24.5 Å². The SMILES string of the molecule is NC(=O)C(Cc1ccccc1)NC(=O)c1cccc2c1OCCC2N. The Labute approximate surface area is 146 Å². The van der Waals surface area contributed by atoms with Crippen molar-refractivity contribution < 1.29 is 14.3 Å². The van der Waals surface area contributed by atoms with Crippen LogP contribution in [0.15, 0.2) is 48.5 Å². The van der Waals surface area contributed by atoms with Crippen LogP contribution in [0.5, 0.6) is 5.75 Å². The van der Waals surface area contributed by atoms with E-state index in [1.165, 1.54) is 0 Å². The van der Waals surface area contributed by atoms with Crippen LogP contribution in [0, 0.1) is 0 Å². The fourth-order valence-corrected chi connectivity index (χ4v) is 2.94. The normalized spacial score (nSPS) is 17.1. The van der Waals surface area contributed by atoms with Crippen molar-refractivity contribution in [3.05, 3.63) is 65.2 Å². The predicted octanol–water partition coefficient (Wildman–Crippen LogP) is 1.30. The van der Waals surface area contributed by atoms with Gasteiger partial charge in [0.05, 0.1) is 12.2 Å². The highest BCUT2D eigenvalue weighted by molar-refractivity contribution is 6.00. The molecule has 2 unspecified atom stereocenters. The first-order chi connectivity index (χ1) is 12.1. The number of benzene rings is 2. The molecule has 0 bridgehead atoms. The first-order valence-electron chi connectivity index (χ1n) is 8.21. The van der Waals surface area contributed by atoms with Gasteiger partial charge in [-0.15, -0.1) is 0 Å². The summed E-state index contributed by atoms with van der Waals surface area (Å²) in [5, 5.41) is 2.71. The lowest BCUT2D eigenvalue weighted by Gasteiger charge is -2.25. The molecule has 1 heterocycles. The molecule has 6 heteroatoms. The molecule has 25 heavy (non-hydrogen) atoms. The summed E-state index contributed by atoms with van der Waals surface area (Å²) in [6.45, 7) is 0.460. The molecule has 2 amide bonds. The second-order valence-electron chi connectivity index (χ2n) is 6.09. The van der Waals surface area contributed by atoms with E-state index in [9.17, 15) is 9.59 Å². The molecule has 2 aromatic rings. The summed E-state index contributed by atoms with van der Waals surface area (Å²) in [6.07, 6.45) is 1.04. The fraction of sp³-hybridized carbons (Fsp3) is 0.263. The summed E-state index contributed by atoms with van der Waals surface area (Å²) >= 11 is 0. The molecule has 2 aromatic carbocycles. The molecule has 5 N–H and O–H groups in total. The van der Waals surface area contributed by atoms with Gasteiger partial charge >= 0.3 is 0 Å². The maximum Gasteiger partial charge on any atom is 0.255 e. The van der Waals surface area contributed by atoms with Gasteiger partial charge in [0.1, 0.15) is 11.8 Å². The summed E-state index contributed by atoms with van der Waals surface area (Å²) in [5.74, 6) is -0.494. The Morgan fingerprint density at radius 2 is 1.92 bits per heavy atom. The second-order valence-corrected chi connectivity index (χ2v) is 6.09. The number of primary amides is 1. The number of carbonyl (C=O) groups excluding carboxylic acids is 2. The molecular formula is C19H21N3O3. The highest BCUT2D eigenvalue weighted by Gasteiger charge is 2.26. The van der Waals surface area contributed by atoms with Crippen LogP contribution in [0.4, 0.5) is 0 Å². The lowest BCUT2D eigenvalue weighted by atomic mass is 9.97. The van der Waals surface area contributed by atoms with E-state index >= 15 is 0 Å². The molecule has 0 radical (unpaired) electrons. The quantitative estimate of drug-likeness (QED) is 0.763. The minimum atomic E-state index is -0.803. The van der Waals surface area contributed by atoms with E-state index in [2.05, 4.69) is 5.32 Å². The molecule has 0 aromatic heterocycles. The fourth-order valence-electron chi connectivity index (χ4n) is 2.94. The number of ether oxygens (including phenoxy) is 1. The first-order valence-corrected chi connectivity index (χ1v) is 8.21. The molecule has 0 saturated heterocycles. The number of hydrogen-bond acceptors (Lipinski definition) is 4. The molecular weight excluding hydrogens is 318 g/mol.